The van der Waals surface area contributed by atoms with Crippen molar-refractivity contribution in [3.63, 3.8) is 0 Å². The number of nitrogens with one attached hydrogen (secondary N) is 1. The molecular formula is C13H10ClN3O3. The number of benzene rings is 1. The summed E-state index contributed by atoms with van der Waals surface area (Å²) in [6.07, 6.45) is 3.24. The van der Waals surface area contributed by atoms with Crippen molar-refractivity contribution >= 4 is 23.2 Å². The fourth-order valence-corrected chi connectivity index (χ4v) is 1.77. The number of carbonyl (C=O) groups excluding carboxylic acids is 1. The average Bonchev–Trinajstić information content (AvgIpc) is 2.46. The minimum atomic E-state index is -0.623. The van der Waals surface area contributed by atoms with Gasteiger partial charge in [-0.1, -0.05) is 11.6 Å². The molecule has 1 aromatic carbocycles. The van der Waals surface area contributed by atoms with Crippen molar-refractivity contribution in [2.24, 2.45) is 0 Å². The molecule has 0 radical (unpaired) electrons. The van der Waals surface area contributed by atoms with Crippen LogP contribution in [0.3, 0.4) is 0 Å². The summed E-state index contributed by atoms with van der Waals surface area (Å²) in [6.45, 7) is 0.317. The Bertz CT molecular complexity index is 647. The second-order valence-electron chi connectivity index (χ2n) is 3.96. The molecule has 0 saturated carbocycles. The van der Waals surface area contributed by atoms with E-state index in [1.54, 1.807) is 24.5 Å². The number of rotatable bonds is 4. The fourth-order valence-electron chi connectivity index (χ4n) is 1.58. The van der Waals surface area contributed by atoms with Crippen LogP contribution in [0.4, 0.5) is 5.69 Å². The van der Waals surface area contributed by atoms with Crippen molar-refractivity contribution in [2.45, 2.75) is 6.54 Å². The van der Waals surface area contributed by atoms with Crippen LogP contribution >= 0.6 is 11.6 Å². The second kappa shape index (κ2) is 6.12. The van der Waals surface area contributed by atoms with Crippen LogP contribution in [0.15, 0.2) is 42.7 Å². The van der Waals surface area contributed by atoms with E-state index in [-0.39, 0.29) is 16.3 Å². The SMILES string of the molecule is O=C(NCc1ccncc1)c1ccc(Cl)c([N+](=O)[O-])c1. The maximum Gasteiger partial charge on any atom is 0.288 e. The molecule has 1 aromatic heterocycles. The molecule has 1 heterocycles. The number of amides is 1. The molecule has 0 saturated heterocycles. The Kier molecular flexibility index (Phi) is 4.27. The molecule has 1 amide bonds. The van der Waals surface area contributed by atoms with Gasteiger partial charge >= 0.3 is 0 Å². The van der Waals surface area contributed by atoms with Crippen LogP contribution < -0.4 is 5.32 Å². The van der Waals surface area contributed by atoms with Crippen molar-refractivity contribution < 1.29 is 9.72 Å². The normalized spacial score (nSPS) is 10.1. The minimum absolute atomic E-state index is 0.000633. The molecule has 0 aliphatic heterocycles. The van der Waals surface area contributed by atoms with Gasteiger partial charge in [0.05, 0.1) is 4.92 Å². The van der Waals surface area contributed by atoms with Gasteiger partial charge in [-0.05, 0) is 29.8 Å². The molecule has 0 aliphatic carbocycles. The zero-order chi connectivity index (χ0) is 14.5. The highest BCUT2D eigenvalue weighted by molar-refractivity contribution is 6.32. The summed E-state index contributed by atoms with van der Waals surface area (Å²) in [5, 5.41) is 13.4. The van der Waals surface area contributed by atoms with Gasteiger partial charge in [0.2, 0.25) is 0 Å². The highest BCUT2D eigenvalue weighted by Gasteiger charge is 2.15. The number of pyridine rings is 1. The lowest BCUT2D eigenvalue weighted by molar-refractivity contribution is -0.384. The molecule has 102 valence electrons. The van der Waals surface area contributed by atoms with Gasteiger partial charge in [0.15, 0.2) is 0 Å². The summed E-state index contributed by atoms with van der Waals surface area (Å²) in [5.74, 6) is -0.401. The van der Waals surface area contributed by atoms with Crippen molar-refractivity contribution in [1.82, 2.24) is 10.3 Å². The van der Waals surface area contributed by atoms with Gasteiger partial charge in [-0.3, -0.25) is 19.9 Å². The first-order chi connectivity index (χ1) is 9.58. The third-order valence-corrected chi connectivity index (χ3v) is 2.93. The Morgan fingerprint density at radius 2 is 2.00 bits per heavy atom. The largest absolute Gasteiger partial charge is 0.348 e. The molecule has 0 aliphatic rings. The maximum atomic E-state index is 11.9. The average molecular weight is 292 g/mol. The number of halogens is 1. The third-order valence-electron chi connectivity index (χ3n) is 2.61. The Morgan fingerprint density at radius 1 is 1.30 bits per heavy atom. The number of hydrogen-bond acceptors (Lipinski definition) is 4. The lowest BCUT2D eigenvalue weighted by Crippen LogP contribution is -2.22. The number of carbonyl (C=O) groups is 1. The van der Waals surface area contributed by atoms with Gasteiger partial charge in [0.25, 0.3) is 11.6 Å². The van der Waals surface area contributed by atoms with E-state index in [4.69, 9.17) is 11.6 Å². The monoisotopic (exact) mass is 291 g/mol. The summed E-state index contributed by atoms with van der Waals surface area (Å²) in [7, 11) is 0. The van der Waals surface area contributed by atoms with Gasteiger partial charge in [0, 0.05) is 30.6 Å². The van der Waals surface area contributed by atoms with Gasteiger partial charge in [-0.2, -0.15) is 0 Å². The van der Waals surface area contributed by atoms with Crippen LogP contribution in [-0.4, -0.2) is 15.8 Å². The summed E-state index contributed by atoms with van der Waals surface area (Å²) in [6, 6.07) is 7.47. The topological polar surface area (TPSA) is 85.1 Å². The number of hydrogen-bond donors (Lipinski definition) is 1. The van der Waals surface area contributed by atoms with Crippen LogP contribution in [0.2, 0.25) is 5.02 Å². The molecule has 6 nitrogen and oxygen atoms in total. The number of nitro groups is 1. The lowest BCUT2D eigenvalue weighted by atomic mass is 10.2. The van der Waals surface area contributed by atoms with E-state index in [0.29, 0.717) is 6.54 Å². The quantitative estimate of drug-likeness (QED) is 0.693. The lowest BCUT2D eigenvalue weighted by Gasteiger charge is -2.05. The Labute approximate surface area is 119 Å². The molecule has 1 N–H and O–H groups in total. The van der Waals surface area contributed by atoms with E-state index >= 15 is 0 Å². The predicted octanol–water partition coefficient (Wildman–Crippen LogP) is 2.57. The summed E-state index contributed by atoms with van der Waals surface area (Å²) in [4.78, 5) is 25.9. The van der Waals surface area contributed by atoms with Crippen LogP contribution in [0.5, 0.6) is 0 Å². The Balaban J connectivity index is 2.10. The van der Waals surface area contributed by atoms with E-state index in [0.717, 1.165) is 11.6 Å². The molecule has 0 unspecified atom stereocenters. The van der Waals surface area contributed by atoms with Crippen LogP contribution in [0.25, 0.3) is 0 Å². The van der Waals surface area contributed by atoms with E-state index < -0.39 is 10.8 Å². The fraction of sp³-hybridized carbons (Fsp3) is 0.0769. The number of aromatic nitrogens is 1. The maximum absolute atomic E-state index is 11.9. The molecule has 2 aromatic rings. The van der Waals surface area contributed by atoms with Crippen LogP contribution in [-0.2, 0) is 6.54 Å². The first kappa shape index (κ1) is 14.0. The molecule has 2 rings (SSSR count). The Morgan fingerprint density at radius 3 is 2.65 bits per heavy atom. The zero-order valence-electron chi connectivity index (χ0n) is 10.2. The predicted molar refractivity (Wildman–Crippen MR) is 73.5 cm³/mol. The summed E-state index contributed by atoms with van der Waals surface area (Å²) < 4.78 is 0. The van der Waals surface area contributed by atoms with E-state index in [1.807, 2.05) is 0 Å². The summed E-state index contributed by atoms with van der Waals surface area (Å²) >= 11 is 5.69. The van der Waals surface area contributed by atoms with Gasteiger partial charge in [-0.15, -0.1) is 0 Å². The first-order valence-corrected chi connectivity index (χ1v) is 6.07. The number of nitro benzene ring substituents is 1. The van der Waals surface area contributed by atoms with Gasteiger partial charge in [0.1, 0.15) is 5.02 Å². The van der Waals surface area contributed by atoms with Crippen molar-refractivity contribution in [2.75, 3.05) is 0 Å². The molecule has 0 bridgehead atoms. The Hall–Kier alpha value is -2.47. The van der Waals surface area contributed by atoms with E-state index in [9.17, 15) is 14.9 Å². The zero-order valence-corrected chi connectivity index (χ0v) is 11.0. The molecule has 0 fully saturated rings. The molecule has 0 atom stereocenters. The molecule has 20 heavy (non-hydrogen) atoms. The number of nitrogens with zero attached hydrogens (tertiary/aromatic N) is 2. The van der Waals surface area contributed by atoms with Crippen molar-refractivity contribution in [3.05, 3.63) is 69.0 Å². The van der Waals surface area contributed by atoms with Crippen molar-refractivity contribution in [3.8, 4) is 0 Å². The second-order valence-corrected chi connectivity index (χ2v) is 4.37. The molecule has 7 heteroatoms. The van der Waals surface area contributed by atoms with Crippen molar-refractivity contribution in [1.29, 1.82) is 0 Å². The van der Waals surface area contributed by atoms with Gasteiger partial charge in [-0.25, -0.2) is 0 Å². The molecule has 0 spiro atoms. The van der Waals surface area contributed by atoms with Gasteiger partial charge < -0.3 is 5.32 Å². The van der Waals surface area contributed by atoms with E-state index in [2.05, 4.69) is 10.3 Å². The van der Waals surface area contributed by atoms with E-state index in [1.165, 1.54) is 12.1 Å². The van der Waals surface area contributed by atoms with Crippen LogP contribution in [0, 0.1) is 10.1 Å². The highest BCUT2D eigenvalue weighted by Crippen LogP contribution is 2.24. The smallest absolute Gasteiger partial charge is 0.288 e. The highest BCUT2D eigenvalue weighted by atomic mass is 35.5. The standard InChI is InChI=1S/C13H10ClN3O3/c14-11-2-1-10(7-12(11)17(19)20)13(18)16-8-9-3-5-15-6-4-9/h1-7H,8H2,(H,16,18). The van der Waals surface area contributed by atoms with Crippen LogP contribution in [0.1, 0.15) is 15.9 Å². The minimum Gasteiger partial charge on any atom is -0.348 e. The molecular weight excluding hydrogens is 282 g/mol. The summed E-state index contributed by atoms with van der Waals surface area (Å²) in [5.41, 5.74) is 0.787. The first-order valence-electron chi connectivity index (χ1n) is 5.69. The third kappa shape index (κ3) is 3.30.